The van der Waals surface area contributed by atoms with Crippen molar-refractivity contribution in [1.29, 1.82) is 0 Å². The highest BCUT2D eigenvalue weighted by Gasteiger charge is 2.28. The van der Waals surface area contributed by atoms with Crippen molar-refractivity contribution in [1.82, 2.24) is 15.2 Å². The van der Waals surface area contributed by atoms with Crippen molar-refractivity contribution < 1.29 is 14.7 Å². The molecule has 0 radical (unpaired) electrons. The number of rotatable bonds is 5. The topological polar surface area (TPSA) is 82.5 Å². The number of likely N-dealkylation sites (tertiary alicyclic amines) is 1. The number of urea groups is 1. The number of aromatic nitrogens is 1. The molecule has 0 spiro atoms. The minimum Gasteiger partial charge on any atom is -0.481 e. The average Bonchev–Trinajstić information content (AvgIpc) is 2.48. The lowest BCUT2D eigenvalue weighted by Crippen LogP contribution is -2.49. The van der Waals surface area contributed by atoms with E-state index in [0.717, 1.165) is 25.0 Å². The van der Waals surface area contributed by atoms with Gasteiger partial charge in [-0.3, -0.25) is 9.78 Å². The van der Waals surface area contributed by atoms with Gasteiger partial charge in [-0.15, -0.1) is 0 Å². The van der Waals surface area contributed by atoms with Gasteiger partial charge in [-0.2, -0.15) is 0 Å². The van der Waals surface area contributed by atoms with Crippen LogP contribution in [0.2, 0.25) is 0 Å². The normalized spacial score (nSPS) is 18.3. The Labute approximate surface area is 124 Å². The molecular formula is C15H21N3O3. The summed E-state index contributed by atoms with van der Waals surface area (Å²) < 4.78 is 0. The Balaban J connectivity index is 1.81. The summed E-state index contributed by atoms with van der Waals surface area (Å²) in [5, 5.41) is 11.8. The second-order valence-electron chi connectivity index (χ2n) is 5.24. The summed E-state index contributed by atoms with van der Waals surface area (Å²) in [6, 6.07) is 5.33. The molecule has 0 aliphatic carbocycles. The third kappa shape index (κ3) is 4.73. The van der Waals surface area contributed by atoms with Crippen molar-refractivity contribution in [3.05, 3.63) is 30.1 Å². The van der Waals surface area contributed by atoms with Crippen molar-refractivity contribution in [2.45, 2.75) is 38.1 Å². The molecule has 1 unspecified atom stereocenters. The van der Waals surface area contributed by atoms with E-state index in [-0.39, 0.29) is 18.5 Å². The first-order chi connectivity index (χ1) is 10.2. The number of aliphatic carboxylic acids is 1. The molecule has 1 fully saturated rings. The highest BCUT2D eigenvalue weighted by atomic mass is 16.4. The molecule has 1 aromatic rings. The number of hydrogen-bond acceptors (Lipinski definition) is 3. The summed E-state index contributed by atoms with van der Waals surface area (Å²) in [6.45, 7) is 1.14. The molecule has 0 aromatic carbocycles. The van der Waals surface area contributed by atoms with Crippen LogP contribution >= 0.6 is 0 Å². The van der Waals surface area contributed by atoms with Crippen LogP contribution in [-0.2, 0) is 11.2 Å². The molecule has 2 N–H and O–H groups in total. The largest absolute Gasteiger partial charge is 0.481 e. The Morgan fingerprint density at radius 1 is 1.38 bits per heavy atom. The minimum absolute atomic E-state index is 0.0215. The summed E-state index contributed by atoms with van der Waals surface area (Å²) in [5.41, 5.74) is 0.929. The molecule has 1 aliphatic heterocycles. The van der Waals surface area contributed by atoms with Crippen LogP contribution in [0.5, 0.6) is 0 Å². The van der Waals surface area contributed by atoms with E-state index in [1.807, 2.05) is 18.2 Å². The number of carbonyl (C=O) groups excluding carboxylic acids is 1. The summed E-state index contributed by atoms with van der Waals surface area (Å²) >= 11 is 0. The summed E-state index contributed by atoms with van der Waals surface area (Å²) in [7, 11) is 0. The van der Waals surface area contributed by atoms with Crippen LogP contribution in [0.15, 0.2) is 24.4 Å². The van der Waals surface area contributed by atoms with Crippen LogP contribution < -0.4 is 5.32 Å². The number of hydrogen-bond donors (Lipinski definition) is 2. The van der Waals surface area contributed by atoms with Crippen LogP contribution in [0.4, 0.5) is 4.79 Å². The fraction of sp³-hybridized carbons (Fsp3) is 0.533. The lowest BCUT2D eigenvalue weighted by atomic mass is 10.00. The van der Waals surface area contributed by atoms with Gasteiger partial charge < -0.3 is 15.3 Å². The molecule has 1 atom stereocenters. The lowest BCUT2D eigenvalue weighted by molar-refractivity contribution is -0.138. The van der Waals surface area contributed by atoms with E-state index in [0.29, 0.717) is 19.5 Å². The second kappa shape index (κ2) is 7.61. The van der Waals surface area contributed by atoms with E-state index < -0.39 is 5.97 Å². The molecule has 0 bridgehead atoms. The van der Waals surface area contributed by atoms with Gasteiger partial charge in [0.15, 0.2) is 0 Å². The smallest absolute Gasteiger partial charge is 0.317 e. The molecule has 6 nitrogen and oxygen atoms in total. The highest BCUT2D eigenvalue weighted by Crippen LogP contribution is 2.19. The quantitative estimate of drug-likeness (QED) is 0.864. The van der Waals surface area contributed by atoms with Crippen LogP contribution in [0.25, 0.3) is 0 Å². The Kier molecular flexibility index (Phi) is 5.54. The van der Waals surface area contributed by atoms with Crippen LogP contribution in [-0.4, -0.2) is 46.1 Å². The summed E-state index contributed by atoms with van der Waals surface area (Å²) in [4.78, 5) is 28.9. The maximum absolute atomic E-state index is 12.2. The number of nitrogens with one attached hydrogen (secondary N) is 1. The van der Waals surface area contributed by atoms with Gasteiger partial charge in [-0.25, -0.2) is 4.79 Å². The maximum atomic E-state index is 12.2. The maximum Gasteiger partial charge on any atom is 0.317 e. The molecule has 2 heterocycles. The Bertz CT molecular complexity index is 478. The standard InChI is InChI=1S/C15H21N3O3/c19-14(20)11-13-6-2-4-10-18(13)15(21)17-9-7-12-5-1-3-8-16-12/h1,3,5,8,13H,2,4,6-7,9-11H2,(H,17,21)(H,19,20). The third-order valence-electron chi connectivity index (χ3n) is 3.68. The molecule has 0 saturated carbocycles. The van der Waals surface area contributed by atoms with Crippen molar-refractivity contribution in [2.75, 3.05) is 13.1 Å². The monoisotopic (exact) mass is 291 g/mol. The number of carboxylic acid groups (broad SMARTS) is 1. The number of carboxylic acids is 1. The summed E-state index contributed by atoms with van der Waals surface area (Å²) in [5.74, 6) is -0.854. The Morgan fingerprint density at radius 3 is 2.95 bits per heavy atom. The molecule has 21 heavy (non-hydrogen) atoms. The van der Waals surface area contributed by atoms with Gasteiger partial charge in [-0.05, 0) is 31.4 Å². The predicted molar refractivity (Wildman–Crippen MR) is 77.9 cm³/mol. The van der Waals surface area contributed by atoms with Gasteiger partial charge in [0, 0.05) is 37.4 Å². The van der Waals surface area contributed by atoms with E-state index in [1.165, 1.54) is 0 Å². The van der Waals surface area contributed by atoms with Gasteiger partial charge in [-0.1, -0.05) is 6.07 Å². The number of pyridine rings is 1. The molecule has 114 valence electrons. The zero-order valence-corrected chi connectivity index (χ0v) is 12.0. The molecule has 2 amide bonds. The fourth-order valence-electron chi connectivity index (χ4n) is 2.63. The zero-order valence-electron chi connectivity index (χ0n) is 12.0. The first-order valence-electron chi connectivity index (χ1n) is 7.33. The number of nitrogens with zero attached hydrogens (tertiary/aromatic N) is 2. The van der Waals surface area contributed by atoms with Crippen LogP contribution in [0, 0.1) is 0 Å². The van der Waals surface area contributed by atoms with Crippen LogP contribution in [0.1, 0.15) is 31.4 Å². The van der Waals surface area contributed by atoms with Crippen LogP contribution in [0.3, 0.4) is 0 Å². The van der Waals surface area contributed by atoms with Gasteiger partial charge in [0.1, 0.15) is 0 Å². The van der Waals surface area contributed by atoms with Gasteiger partial charge in [0.2, 0.25) is 0 Å². The first kappa shape index (κ1) is 15.3. The van der Waals surface area contributed by atoms with Crippen molar-refractivity contribution >= 4 is 12.0 Å². The Morgan fingerprint density at radius 2 is 2.24 bits per heavy atom. The average molecular weight is 291 g/mol. The minimum atomic E-state index is -0.854. The molecule has 6 heteroatoms. The molecule has 2 rings (SSSR count). The van der Waals surface area contributed by atoms with E-state index in [9.17, 15) is 9.59 Å². The Hall–Kier alpha value is -2.11. The number of piperidine rings is 1. The third-order valence-corrected chi connectivity index (χ3v) is 3.68. The molecule has 1 saturated heterocycles. The predicted octanol–water partition coefficient (Wildman–Crippen LogP) is 1.66. The van der Waals surface area contributed by atoms with Gasteiger partial charge >= 0.3 is 12.0 Å². The second-order valence-corrected chi connectivity index (χ2v) is 5.24. The van der Waals surface area contributed by atoms with Gasteiger partial charge in [0.05, 0.1) is 6.42 Å². The lowest BCUT2D eigenvalue weighted by Gasteiger charge is -2.34. The van der Waals surface area contributed by atoms with E-state index in [1.54, 1.807) is 11.1 Å². The first-order valence-corrected chi connectivity index (χ1v) is 7.33. The van der Waals surface area contributed by atoms with Gasteiger partial charge in [0.25, 0.3) is 0 Å². The highest BCUT2D eigenvalue weighted by molar-refractivity contribution is 5.76. The number of amides is 2. The SMILES string of the molecule is O=C(O)CC1CCCCN1C(=O)NCCc1ccccn1. The van der Waals surface area contributed by atoms with E-state index >= 15 is 0 Å². The van der Waals surface area contributed by atoms with Crippen molar-refractivity contribution in [3.8, 4) is 0 Å². The zero-order chi connectivity index (χ0) is 15.1. The molecule has 1 aromatic heterocycles. The van der Waals surface area contributed by atoms with E-state index in [4.69, 9.17) is 5.11 Å². The molecule has 1 aliphatic rings. The fourth-order valence-corrected chi connectivity index (χ4v) is 2.63. The van der Waals surface area contributed by atoms with Crippen molar-refractivity contribution in [2.24, 2.45) is 0 Å². The van der Waals surface area contributed by atoms with Crippen molar-refractivity contribution in [3.63, 3.8) is 0 Å². The summed E-state index contributed by atoms with van der Waals surface area (Å²) in [6.07, 6.45) is 5.10. The van der Waals surface area contributed by atoms with E-state index in [2.05, 4.69) is 10.3 Å². The molecular weight excluding hydrogens is 270 g/mol. The number of carbonyl (C=O) groups is 2.